The van der Waals surface area contributed by atoms with Gasteiger partial charge in [0, 0.05) is 11.3 Å². The molecule has 0 atom stereocenters. The Hall–Kier alpha value is -4.06. The van der Waals surface area contributed by atoms with Gasteiger partial charge in [-0.3, -0.25) is 4.79 Å². The molecule has 156 valence electrons. The molecule has 1 heterocycles. The van der Waals surface area contributed by atoms with Crippen LogP contribution in [-0.4, -0.2) is 25.6 Å². The molecule has 2 N–H and O–H groups in total. The Labute approximate surface area is 180 Å². The standard InChI is InChI=1S/C25H22N2O4/c1-3-31-19-12-10-18(11-13-19)26-23(16-7-5-4-6-8-16)22-20-14-9-17(25(29)30-2)15-21(20)27-24(22)28/h4-15,26H,3H2,1-2H3,(H,27,28)/b23-22+. The third-order valence-electron chi connectivity index (χ3n) is 4.93. The summed E-state index contributed by atoms with van der Waals surface area (Å²) in [5, 5.41) is 6.26. The third kappa shape index (κ3) is 4.14. The number of benzene rings is 3. The summed E-state index contributed by atoms with van der Waals surface area (Å²) in [6.07, 6.45) is 0. The molecule has 31 heavy (non-hydrogen) atoms. The minimum absolute atomic E-state index is 0.241. The lowest BCUT2D eigenvalue weighted by Gasteiger charge is -2.15. The van der Waals surface area contributed by atoms with Crippen LogP contribution in [0.5, 0.6) is 5.75 Å². The van der Waals surface area contributed by atoms with E-state index in [0.717, 1.165) is 22.6 Å². The maximum atomic E-state index is 13.0. The van der Waals surface area contributed by atoms with Crippen LogP contribution >= 0.6 is 0 Å². The van der Waals surface area contributed by atoms with Crippen LogP contribution < -0.4 is 15.4 Å². The van der Waals surface area contributed by atoms with E-state index in [1.54, 1.807) is 18.2 Å². The zero-order valence-electron chi connectivity index (χ0n) is 17.3. The molecule has 1 aliphatic rings. The molecule has 0 saturated heterocycles. The minimum Gasteiger partial charge on any atom is -0.494 e. The molecule has 0 aromatic heterocycles. The molecule has 0 unspecified atom stereocenters. The Kier molecular flexibility index (Phi) is 5.71. The van der Waals surface area contributed by atoms with Gasteiger partial charge >= 0.3 is 5.97 Å². The molecule has 1 aliphatic heterocycles. The van der Waals surface area contributed by atoms with Crippen LogP contribution in [0.2, 0.25) is 0 Å². The largest absolute Gasteiger partial charge is 0.494 e. The van der Waals surface area contributed by atoms with Gasteiger partial charge in [-0.05, 0) is 48.9 Å². The van der Waals surface area contributed by atoms with Crippen LogP contribution in [0.25, 0.3) is 11.3 Å². The summed E-state index contributed by atoms with van der Waals surface area (Å²) < 4.78 is 10.3. The molecule has 6 nitrogen and oxygen atoms in total. The van der Waals surface area contributed by atoms with E-state index in [2.05, 4.69) is 10.6 Å². The van der Waals surface area contributed by atoms with E-state index < -0.39 is 5.97 Å². The maximum Gasteiger partial charge on any atom is 0.337 e. The summed E-state index contributed by atoms with van der Waals surface area (Å²) in [5.41, 5.74) is 4.54. The van der Waals surface area contributed by atoms with Crippen molar-refractivity contribution in [3.05, 3.63) is 89.5 Å². The lowest BCUT2D eigenvalue weighted by molar-refractivity contribution is -0.110. The fraction of sp³-hybridized carbons (Fsp3) is 0.120. The highest BCUT2D eigenvalue weighted by Crippen LogP contribution is 2.38. The molecule has 0 bridgehead atoms. The molecular weight excluding hydrogens is 392 g/mol. The van der Waals surface area contributed by atoms with Crippen molar-refractivity contribution >= 4 is 34.5 Å². The van der Waals surface area contributed by atoms with Crippen LogP contribution in [-0.2, 0) is 9.53 Å². The Morgan fingerprint density at radius 1 is 0.968 bits per heavy atom. The van der Waals surface area contributed by atoms with E-state index in [0.29, 0.717) is 29.1 Å². The predicted molar refractivity (Wildman–Crippen MR) is 121 cm³/mol. The van der Waals surface area contributed by atoms with Gasteiger partial charge in [-0.1, -0.05) is 36.4 Å². The highest BCUT2D eigenvalue weighted by atomic mass is 16.5. The van der Waals surface area contributed by atoms with Crippen LogP contribution in [0.3, 0.4) is 0 Å². The molecular formula is C25H22N2O4. The van der Waals surface area contributed by atoms with Crippen molar-refractivity contribution in [2.45, 2.75) is 6.92 Å². The van der Waals surface area contributed by atoms with Gasteiger partial charge in [0.05, 0.1) is 36.2 Å². The second kappa shape index (κ2) is 8.75. The Bertz CT molecular complexity index is 1150. The van der Waals surface area contributed by atoms with Crippen molar-refractivity contribution in [1.29, 1.82) is 0 Å². The van der Waals surface area contributed by atoms with E-state index in [1.807, 2.05) is 61.5 Å². The van der Waals surface area contributed by atoms with E-state index >= 15 is 0 Å². The summed E-state index contributed by atoms with van der Waals surface area (Å²) in [6, 6.07) is 22.3. The van der Waals surface area contributed by atoms with Crippen LogP contribution in [0.4, 0.5) is 11.4 Å². The zero-order valence-corrected chi connectivity index (χ0v) is 17.3. The van der Waals surface area contributed by atoms with Crippen molar-refractivity contribution in [2.75, 3.05) is 24.4 Å². The highest BCUT2D eigenvalue weighted by molar-refractivity contribution is 6.37. The number of rotatable bonds is 6. The number of carbonyl (C=O) groups is 2. The first kappa shape index (κ1) is 20.2. The lowest BCUT2D eigenvalue weighted by Crippen LogP contribution is -2.10. The second-order valence-electron chi connectivity index (χ2n) is 6.90. The third-order valence-corrected chi connectivity index (χ3v) is 4.93. The molecule has 3 aromatic rings. The number of amides is 1. The number of hydrogen-bond acceptors (Lipinski definition) is 5. The van der Waals surface area contributed by atoms with E-state index in [1.165, 1.54) is 7.11 Å². The first-order valence-electron chi connectivity index (χ1n) is 9.94. The first-order chi connectivity index (χ1) is 15.1. The van der Waals surface area contributed by atoms with Crippen LogP contribution in [0.15, 0.2) is 72.8 Å². The smallest absolute Gasteiger partial charge is 0.337 e. The topological polar surface area (TPSA) is 76.7 Å². The lowest BCUT2D eigenvalue weighted by atomic mass is 9.99. The van der Waals surface area contributed by atoms with Crippen molar-refractivity contribution < 1.29 is 19.1 Å². The Morgan fingerprint density at radius 3 is 2.39 bits per heavy atom. The summed E-state index contributed by atoms with van der Waals surface area (Å²) in [4.78, 5) is 24.9. The maximum absolute atomic E-state index is 13.0. The van der Waals surface area contributed by atoms with Gasteiger partial charge in [-0.15, -0.1) is 0 Å². The fourth-order valence-electron chi connectivity index (χ4n) is 3.50. The molecule has 4 rings (SSSR count). The average molecular weight is 414 g/mol. The molecule has 3 aromatic carbocycles. The summed E-state index contributed by atoms with van der Waals surface area (Å²) in [5.74, 6) is 0.0841. The van der Waals surface area contributed by atoms with Gasteiger partial charge in [-0.2, -0.15) is 0 Å². The first-order valence-corrected chi connectivity index (χ1v) is 9.94. The Balaban J connectivity index is 1.80. The predicted octanol–water partition coefficient (Wildman–Crippen LogP) is 4.80. The quantitative estimate of drug-likeness (QED) is 0.447. The highest BCUT2D eigenvalue weighted by Gasteiger charge is 2.29. The van der Waals surface area contributed by atoms with Crippen molar-refractivity contribution in [3.8, 4) is 5.75 Å². The summed E-state index contributed by atoms with van der Waals surface area (Å²) in [6.45, 7) is 2.53. The number of esters is 1. The molecule has 0 fully saturated rings. The second-order valence-corrected chi connectivity index (χ2v) is 6.90. The molecule has 0 spiro atoms. The Morgan fingerprint density at radius 2 is 1.71 bits per heavy atom. The monoisotopic (exact) mass is 414 g/mol. The molecule has 0 radical (unpaired) electrons. The number of fused-ring (bicyclic) bond motifs is 1. The number of ether oxygens (including phenoxy) is 2. The van der Waals surface area contributed by atoms with Crippen LogP contribution in [0, 0.1) is 0 Å². The van der Waals surface area contributed by atoms with Crippen molar-refractivity contribution in [3.63, 3.8) is 0 Å². The van der Waals surface area contributed by atoms with E-state index in [9.17, 15) is 9.59 Å². The number of hydrogen-bond donors (Lipinski definition) is 2. The van der Waals surface area contributed by atoms with E-state index in [-0.39, 0.29) is 5.91 Å². The molecule has 0 aliphatic carbocycles. The number of anilines is 2. The average Bonchev–Trinajstić information content (AvgIpc) is 3.13. The number of methoxy groups -OCH3 is 1. The van der Waals surface area contributed by atoms with Gasteiger partial charge < -0.3 is 20.1 Å². The number of nitrogens with one attached hydrogen (secondary N) is 2. The van der Waals surface area contributed by atoms with Gasteiger partial charge in [0.1, 0.15) is 5.75 Å². The van der Waals surface area contributed by atoms with Gasteiger partial charge in [0.25, 0.3) is 5.91 Å². The SMILES string of the molecule is CCOc1ccc(N/C(=C2/C(=O)Nc3cc(C(=O)OC)ccc32)c2ccccc2)cc1. The van der Waals surface area contributed by atoms with Crippen molar-refractivity contribution in [2.24, 2.45) is 0 Å². The molecule has 1 amide bonds. The van der Waals surface area contributed by atoms with Gasteiger partial charge in [0.15, 0.2) is 0 Å². The summed E-state index contributed by atoms with van der Waals surface area (Å²) >= 11 is 0. The minimum atomic E-state index is -0.453. The molecule has 0 saturated carbocycles. The molecule has 6 heteroatoms. The summed E-state index contributed by atoms with van der Waals surface area (Å²) in [7, 11) is 1.33. The normalized spacial score (nSPS) is 13.8. The van der Waals surface area contributed by atoms with Crippen LogP contribution in [0.1, 0.15) is 28.4 Å². The van der Waals surface area contributed by atoms with Gasteiger partial charge in [0.2, 0.25) is 0 Å². The number of carbonyl (C=O) groups excluding carboxylic acids is 2. The fourth-order valence-corrected chi connectivity index (χ4v) is 3.50. The van der Waals surface area contributed by atoms with Gasteiger partial charge in [-0.25, -0.2) is 4.79 Å². The van der Waals surface area contributed by atoms with E-state index in [4.69, 9.17) is 9.47 Å². The zero-order chi connectivity index (χ0) is 21.8. The van der Waals surface area contributed by atoms with Crippen molar-refractivity contribution in [1.82, 2.24) is 0 Å².